The van der Waals surface area contributed by atoms with E-state index in [1.54, 1.807) is 24.3 Å². The molecule has 4 aromatic carbocycles. The Bertz CT molecular complexity index is 1470. The summed E-state index contributed by atoms with van der Waals surface area (Å²) in [6.07, 6.45) is 1.36. The molecular weight excluding hydrogens is 500 g/mol. The van der Waals surface area contributed by atoms with E-state index in [1.165, 1.54) is 42.5 Å². The van der Waals surface area contributed by atoms with Crippen LogP contribution in [0.15, 0.2) is 85.5 Å². The molecule has 0 saturated heterocycles. The van der Waals surface area contributed by atoms with Crippen LogP contribution in [-0.4, -0.2) is 19.2 Å². The van der Waals surface area contributed by atoms with E-state index in [2.05, 4.69) is 6.58 Å². The highest BCUT2D eigenvalue weighted by Gasteiger charge is 2.21. The number of rotatable bonds is 9. The zero-order valence-corrected chi connectivity index (χ0v) is 20.3. The van der Waals surface area contributed by atoms with E-state index < -0.39 is 34.8 Å². The maximum atomic E-state index is 15.0. The quantitative estimate of drug-likeness (QED) is 0.0976. The fourth-order valence-corrected chi connectivity index (χ4v) is 3.71. The molecule has 0 aliphatic heterocycles. The Labute approximate surface area is 216 Å². The van der Waals surface area contributed by atoms with Crippen LogP contribution in [0.3, 0.4) is 0 Å². The molecule has 0 aliphatic rings. The molecule has 0 spiro atoms. The monoisotopic (exact) mass is 522 g/mol. The largest absolute Gasteiger partial charge is 0.494 e. The number of benzene rings is 4. The lowest BCUT2D eigenvalue weighted by Crippen LogP contribution is -2.12. The molecule has 0 unspecified atom stereocenters. The van der Waals surface area contributed by atoms with Gasteiger partial charge in [0.05, 0.1) is 12.2 Å². The molecule has 0 saturated carbocycles. The van der Waals surface area contributed by atoms with E-state index in [1.807, 2.05) is 6.92 Å². The van der Waals surface area contributed by atoms with Gasteiger partial charge in [-0.1, -0.05) is 49.1 Å². The average molecular weight is 522 g/mol. The van der Waals surface area contributed by atoms with Crippen LogP contribution in [0.4, 0.5) is 17.6 Å². The zero-order valence-electron chi connectivity index (χ0n) is 20.3. The van der Waals surface area contributed by atoms with Gasteiger partial charge in [-0.25, -0.2) is 18.0 Å². The molecule has 0 amide bonds. The minimum Gasteiger partial charge on any atom is -0.494 e. The summed E-state index contributed by atoms with van der Waals surface area (Å²) in [7, 11) is 0. The normalized spacial score (nSPS) is 10.7. The molecule has 0 aromatic heterocycles. The van der Waals surface area contributed by atoms with Gasteiger partial charge in [0, 0.05) is 11.1 Å². The summed E-state index contributed by atoms with van der Waals surface area (Å²) < 4.78 is 73.9. The van der Waals surface area contributed by atoms with Crippen LogP contribution in [0, 0.1) is 23.3 Å². The van der Waals surface area contributed by atoms with E-state index in [0.29, 0.717) is 23.5 Å². The molecule has 4 nitrogen and oxygen atoms in total. The molecule has 38 heavy (non-hydrogen) atoms. The second-order valence-corrected chi connectivity index (χ2v) is 8.00. The third-order valence-electron chi connectivity index (χ3n) is 5.56. The molecule has 8 heteroatoms. The van der Waals surface area contributed by atoms with Crippen molar-refractivity contribution in [2.24, 2.45) is 0 Å². The topological polar surface area (TPSA) is 44.8 Å². The predicted octanol–water partition coefficient (Wildman–Crippen LogP) is 7.76. The number of hydrogen-bond acceptors (Lipinski definition) is 4. The summed E-state index contributed by atoms with van der Waals surface area (Å²) in [5, 5.41) is 0. The Kier molecular flexibility index (Phi) is 8.11. The third-order valence-corrected chi connectivity index (χ3v) is 5.56. The summed E-state index contributed by atoms with van der Waals surface area (Å²) >= 11 is 0. The Hall–Kier alpha value is -4.59. The summed E-state index contributed by atoms with van der Waals surface area (Å²) in [6, 6.07) is 17.2. The summed E-state index contributed by atoms with van der Waals surface area (Å²) in [5.41, 5.74) is 0.270. The van der Waals surface area contributed by atoms with E-state index in [9.17, 15) is 22.4 Å². The molecular formula is C30H22F4O4. The molecule has 0 heterocycles. The van der Waals surface area contributed by atoms with Crippen molar-refractivity contribution in [2.45, 2.75) is 6.92 Å². The van der Waals surface area contributed by atoms with Crippen molar-refractivity contribution in [3.63, 3.8) is 0 Å². The molecule has 194 valence electrons. The molecule has 4 aromatic rings. The van der Waals surface area contributed by atoms with Crippen LogP contribution in [-0.2, 0) is 0 Å². The third kappa shape index (κ3) is 5.54. The molecule has 0 bridgehead atoms. The number of halogens is 4. The van der Waals surface area contributed by atoms with Crippen molar-refractivity contribution in [1.82, 2.24) is 0 Å². The zero-order chi connectivity index (χ0) is 27.2. The molecule has 0 radical (unpaired) electrons. The predicted molar refractivity (Wildman–Crippen MR) is 135 cm³/mol. The molecule has 0 N–H and O–H groups in total. The highest BCUT2D eigenvalue weighted by atomic mass is 19.2. The van der Waals surface area contributed by atoms with Crippen LogP contribution < -0.4 is 14.2 Å². The van der Waals surface area contributed by atoms with Gasteiger partial charge in [-0.2, -0.15) is 4.39 Å². The smallest absolute Gasteiger partial charge is 0.346 e. The van der Waals surface area contributed by atoms with E-state index in [0.717, 1.165) is 12.1 Å². The maximum absolute atomic E-state index is 15.0. The van der Waals surface area contributed by atoms with Crippen LogP contribution in [0.25, 0.3) is 22.3 Å². The average Bonchev–Trinajstić information content (AvgIpc) is 2.92. The van der Waals surface area contributed by atoms with Crippen LogP contribution in [0.2, 0.25) is 0 Å². The van der Waals surface area contributed by atoms with E-state index in [-0.39, 0.29) is 29.2 Å². The number of hydrogen-bond donors (Lipinski definition) is 0. The van der Waals surface area contributed by atoms with Gasteiger partial charge < -0.3 is 14.2 Å². The Morgan fingerprint density at radius 1 is 0.711 bits per heavy atom. The SMILES string of the molecule is C=CCOc1ccc(C(=O)Oc2ccc(-c3ccc(-c4ccc(OCC)cc4)c(F)c3F)cc2)c(F)c1F. The minimum atomic E-state index is -1.42. The van der Waals surface area contributed by atoms with Gasteiger partial charge in [0.2, 0.25) is 5.82 Å². The van der Waals surface area contributed by atoms with Crippen LogP contribution in [0.5, 0.6) is 17.2 Å². The van der Waals surface area contributed by atoms with Crippen molar-refractivity contribution < 1.29 is 36.6 Å². The van der Waals surface area contributed by atoms with Gasteiger partial charge >= 0.3 is 5.97 Å². The molecule has 0 fully saturated rings. The standard InChI is InChI=1S/C30H22F4O4/c1-3-17-37-25-16-15-24(28(33)29(25)34)30(35)38-21-11-7-19(8-12-21)23-14-13-22(26(31)27(23)32)18-5-9-20(10-6-18)36-4-2/h3,5-16H,1,4,17H2,2H3. The number of ether oxygens (including phenoxy) is 3. The first kappa shape index (κ1) is 26.5. The first-order valence-electron chi connectivity index (χ1n) is 11.6. The molecule has 0 atom stereocenters. The van der Waals surface area contributed by atoms with Crippen LogP contribution in [0.1, 0.15) is 17.3 Å². The number of carbonyl (C=O) groups excluding carboxylic acids is 1. The highest BCUT2D eigenvalue weighted by molar-refractivity contribution is 5.91. The second kappa shape index (κ2) is 11.6. The van der Waals surface area contributed by atoms with Gasteiger partial charge in [-0.15, -0.1) is 0 Å². The van der Waals surface area contributed by atoms with Crippen molar-refractivity contribution >= 4 is 5.97 Å². The highest BCUT2D eigenvalue weighted by Crippen LogP contribution is 2.33. The maximum Gasteiger partial charge on any atom is 0.346 e. The minimum absolute atomic E-state index is 0.00158. The van der Waals surface area contributed by atoms with Gasteiger partial charge in [0.15, 0.2) is 23.2 Å². The molecule has 0 aliphatic carbocycles. The summed E-state index contributed by atoms with van der Waals surface area (Å²) in [4.78, 5) is 12.4. The number of carbonyl (C=O) groups is 1. The van der Waals surface area contributed by atoms with Crippen molar-refractivity contribution in [1.29, 1.82) is 0 Å². The Morgan fingerprint density at radius 3 is 1.79 bits per heavy atom. The number of esters is 1. The van der Waals surface area contributed by atoms with Crippen LogP contribution >= 0.6 is 0 Å². The molecule has 4 rings (SSSR count). The lowest BCUT2D eigenvalue weighted by molar-refractivity contribution is 0.0728. The first-order chi connectivity index (χ1) is 18.3. The fraction of sp³-hybridized carbons (Fsp3) is 0.100. The fourth-order valence-electron chi connectivity index (χ4n) is 3.71. The van der Waals surface area contributed by atoms with E-state index >= 15 is 0 Å². The lowest BCUT2D eigenvalue weighted by atomic mass is 9.98. The van der Waals surface area contributed by atoms with Gasteiger partial charge in [0.1, 0.15) is 18.1 Å². The Morgan fingerprint density at radius 2 is 1.26 bits per heavy atom. The lowest BCUT2D eigenvalue weighted by Gasteiger charge is -2.11. The van der Waals surface area contributed by atoms with Crippen molar-refractivity contribution in [3.8, 4) is 39.5 Å². The Balaban J connectivity index is 1.51. The van der Waals surface area contributed by atoms with Crippen molar-refractivity contribution in [3.05, 3.63) is 114 Å². The summed E-state index contributed by atoms with van der Waals surface area (Å²) in [6.45, 7) is 5.72. The van der Waals surface area contributed by atoms with Crippen molar-refractivity contribution in [2.75, 3.05) is 13.2 Å². The van der Waals surface area contributed by atoms with Gasteiger partial charge in [-0.05, 0) is 54.4 Å². The van der Waals surface area contributed by atoms with Gasteiger partial charge in [-0.3, -0.25) is 0 Å². The van der Waals surface area contributed by atoms with E-state index in [4.69, 9.17) is 14.2 Å². The second-order valence-electron chi connectivity index (χ2n) is 8.00. The summed E-state index contributed by atoms with van der Waals surface area (Å²) in [5.74, 6) is -5.69. The first-order valence-corrected chi connectivity index (χ1v) is 11.6. The van der Waals surface area contributed by atoms with Gasteiger partial charge in [0.25, 0.3) is 0 Å².